The zero-order valence-electron chi connectivity index (χ0n) is 22.8. The highest BCUT2D eigenvalue weighted by atomic mass is 32.2. The lowest BCUT2D eigenvalue weighted by Gasteiger charge is -2.38. The van der Waals surface area contributed by atoms with Gasteiger partial charge >= 0.3 is 6.03 Å². The Balaban J connectivity index is 1.27. The van der Waals surface area contributed by atoms with E-state index in [1.807, 2.05) is 30.3 Å². The van der Waals surface area contributed by atoms with Crippen LogP contribution in [0.1, 0.15) is 39.3 Å². The molecule has 2 aromatic carbocycles. The van der Waals surface area contributed by atoms with Crippen LogP contribution in [0.25, 0.3) is 21.3 Å². The number of benzene rings is 2. The smallest absolute Gasteiger partial charge is 0.322 e. The van der Waals surface area contributed by atoms with Crippen molar-refractivity contribution in [3.63, 3.8) is 0 Å². The summed E-state index contributed by atoms with van der Waals surface area (Å²) in [5.41, 5.74) is 1.52. The summed E-state index contributed by atoms with van der Waals surface area (Å²) in [7, 11) is -2.17. The Labute approximate surface area is 244 Å². The Morgan fingerprint density at radius 2 is 1.95 bits per heavy atom. The predicted octanol–water partition coefficient (Wildman–Crippen LogP) is 2.09. The maximum absolute atomic E-state index is 12.9. The van der Waals surface area contributed by atoms with Crippen molar-refractivity contribution in [2.24, 2.45) is 0 Å². The number of amides is 4. The molecular weight excluding hydrogens is 584 g/mol. The number of likely N-dealkylation sites (tertiary alicyclic amines) is 1. The molecule has 2 atom stereocenters. The number of nitrogens with one attached hydrogen (secondary N) is 2. The van der Waals surface area contributed by atoms with Crippen molar-refractivity contribution in [3.05, 3.63) is 64.8 Å². The molecule has 2 fully saturated rings. The number of urea groups is 1. The van der Waals surface area contributed by atoms with Gasteiger partial charge in [-0.15, -0.1) is 21.5 Å². The van der Waals surface area contributed by atoms with Gasteiger partial charge in [-0.25, -0.2) is 18.2 Å². The van der Waals surface area contributed by atoms with Gasteiger partial charge in [-0.05, 0) is 42.3 Å². The average Bonchev–Trinajstić information content (AvgIpc) is 3.59. The third-order valence-electron chi connectivity index (χ3n) is 7.30. The molecule has 15 heteroatoms. The molecular formula is C27H26N6O7S2. The van der Waals surface area contributed by atoms with Gasteiger partial charge in [-0.2, -0.15) is 0 Å². The monoisotopic (exact) mass is 610 g/mol. The summed E-state index contributed by atoms with van der Waals surface area (Å²) in [4.78, 5) is 42.9. The molecule has 4 aromatic rings. The Morgan fingerprint density at radius 3 is 2.64 bits per heavy atom. The van der Waals surface area contributed by atoms with Crippen LogP contribution in [0.3, 0.4) is 0 Å². The second kappa shape index (κ2) is 10.3. The minimum Gasteiger partial charge on any atom is -0.423 e. The van der Waals surface area contributed by atoms with Gasteiger partial charge in [0, 0.05) is 32.0 Å². The summed E-state index contributed by atoms with van der Waals surface area (Å²) < 4.78 is 37.5. The van der Waals surface area contributed by atoms with Crippen LogP contribution in [0.2, 0.25) is 0 Å². The minimum absolute atomic E-state index is 0.00713. The summed E-state index contributed by atoms with van der Waals surface area (Å²) in [5.74, 6) is -0.810. The summed E-state index contributed by atoms with van der Waals surface area (Å²) in [5, 5.41) is 11.5. The first-order valence-electron chi connectivity index (χ1n) is 12.9. The second-order valence-corrected chi connectivity index (χ2v) is 13.7. The molecule has 2 N–H and O–H groups in total. The number of nitrogens with zero attached hydrogens (tertiary/aromatic N) is 4. The van der Waals surface area contributed by atoms with E-state index in [0.717, 1.165) is 22.1 Å². The molecule has 6 rings (SSSR count). The molecule has 2 aromatic heterocycles. The molecule has 0 spiro atoms. The van der Waals surface area contributed by atoms with E-state index >= 15 is 0 Å². The van der Waals surface area contributed by atoms with Gasteiger partial charge in [0.25, 0.3) is 11.8 Å². The number of sulfone groups is 1. The molecule has 13 nitrogen and oxygen atoms in total. The van der Waals surface area contributed by atoms with E-state index in [1.165, 1.54) is 18.3 Å². The number of imide groups is 1. The zero-order valence-corrected chi connectivity index (χ0v) is 24.4. The van der Waals surface area contributed by atoms with Crippen molar-refractivity contribution in [2.45, 2.75) is 30.2 Å². The van der Waals surface area contributed by atoms with Gasteiger partial charge in [0.1, 0.15) is 10.5 Å². The lowest BCUT2D eigenvalue weighted by molar-refractivity contribution is -0.123. The summed E-state index contributed by atoms with van der Waals surface area (Å²) in [6.45, 7) is 2.62. The van der Waals surface area contributed by atoms with Gasteiger partial charge in [-0.3, -0.25) is 14.9 Å². The largest absolute Gasteiger partial charge is 0.423 e. The number of carbonyl (C=O) groups is 3. The normalized spacial score (nSPS) is 19.9. The molecule has 2 aliphatic rings. The molecule has 42 heavy (non-hydrogen) atoms. The molecule has 0 saturated carbocycles. The fraction of sp³-hybridized carbons (Fsp3) is 0.333. The average molecular weight is 611 g/mol. The number of carbonyl (C=O) groups excluding carboxylic acids is 3. The van der Waals surface area contributed by atoms with E-state index < -0.39 is 32.6 Å². The third kappa shape index (κ3) is 5.14. The summed E-state index contributed by atoms with van der Waals surface area (Å²) >= 11 is 1.18. The van der Waals surface area contributed by atoms with Crippen molar-refractivity contribution < 1.29 is 32.0 Å². The van der Waals surface area contributed by atoms with Gasteiger partial charge in [-0.1, -0.05) is 18.2 Å². The van der Waals surface area contributed by atoms with E-state index in [1.54, 1.807) is 24.1 Å². The van der Waals surface area contributed by atoms with Gasteiger partial charge in [0.05, 0.1) is 22.7 Å². The molecule has 2 saturated heterocycles. The fourth-order valence-corrected chi connectivity index (χ4v) is 7.45. The first-order valence-corrected chi connectivity index (χ1v) is 15.7. The standard InChI is InChI=1S/C27H26N6O7S2/c1-27(25(35)29-26(36)30-27)11-20-31-32-22(40-20)21(42(3,37)38)23-28-18-8-7-15(10-19(18)41-23)14-5-4-6-16(9-14)24(34)33-12-17(13-33)39-2/h4-10,17,21H,11-13H2,1-3H3,(H2,29,30,35,36). The number of methoxy groups -OCH3 is 1. The van der Waals surface area contributed by atoms with Gasteiger partial charge in [0.15, 0.2) is 15.1 Å². The molecule has 0 radical (unpaired) electrons. The number of hydrogen-bond donors (Lipinski definition) is 2. The molecule has 4 heterocycles. The van der Waals surface area contributed by atoms with Crippen molar-refractivity contribution in [1.29, 1.82) is 0 Å². The Kier molecular flexibility index (Phi) is 6.82. The quantitative estimate of drug-likeness (QED) is 0.281. The zero-order chi connectivity index (χ0) is 29.8. The minimum atomic E-state index is -3.80. The van der Waals surface area contributed by atoms with Crippen LogP contribution in [0.15, 0.2) is 46.9 Å². The maximum Gasteiger partial charge on any atom is 0.322 e. The second-order valence-electron chi connectivity index (χ2n) is 10.5. The van der Waals surface area contributed by atoms with Crippen LogP contribution in [0.5, 0.6) is 0 Å². The van der Waals surface area contributed by atoms with E-state index in [2.05, 4.69) is 25.8 Å². The number of thiazole rings is 1. The number of rotatable bonds is 8. The first kappa shape index (κ1) is 27.9. The Bertz CT molecular complexity index is 1850. The number of hydrogen-bond acceptors (Lipinski definition) is 11. The van der Waals surface area contributed by atoms with Crippen LogP contribution >= 0.6 is 11.3 Å². The number of ether oxygens (including phenoxy) is 1. The molecule has 218 valence electrons. The van der Waals surface area contributed by atoms with Crippen LogP contribution < -0.4 is 10.6 Å². The van der Waals surface area contributed by atoms with Crippen molar-refractivity contribution in [3.8, 4) is 11.1 Å². The highest BCUT2D eigenvalue weighted by Crippen LogP contribution is 2.37. The van der Waals surface area contributed by atoms with Crippen LogP contribution in [0.4, 0.5) is 4.79 Å². The van der Waals surface area contributed by atoms with E-state index in [0.29, 0.717) is 24.2 Å². The number of fused-ring (bicyclic) bond motifs is 1. The Morgan fingerprint density at radius 1 is 1.19 bits per heavy atom. The highest BCUT2D eigenvalue weighted by Gasteiger charge is 2.44. The molecule has 0 aliphatic carbocycles. The molecule has 2 aliphatic heterocycles. The van der Waals surface area contributed by atoms with E-state index in [-0.39, 0.29) is 35.2 Å². The van der Waals surface area contributed by atoms with E-state index in [4.69, 9.17) is 9.15 Å². The lowest BCUT2D eigenvalue weighted by atomic mass is 9.98. The lowest BCUT2D eigenvalue weighted by Crippen LogP contribution is -2.54. The summed E-state index contributed by atoms with van der Waals surface area (Å²) in [6, 6.07) is 12.2. The van der Waals surface area contributed by atoms with Crippen LogP contribution in [-0.2, 0) is 25.8 Å². The Hall–Kier alpha value is -4.21. The first-order chi connectivity index (χ1) is 19.9. The van der Waals surface area contributed by atoms with Crippen LogP contribution in [-0.4, -0.2) is 84.4 Å². The fourth-order valence-electron chi connectivity index (χ4n) is 4.92. The van der Waals surface area contributed by atoms with Crippen molar-refractivity contribution >= 4 is 49.2 Å². The van der Waals surface area contributed by atoms with E-state index in [9.17, 15) is 22.8 Å². The third-order valence-corrected chi connectivity index (χ3v) is 9.81. The molecule has 2 unspecified atom stereocenters. The molecule has 0 bridgehead atoms. The van der Waals surface area contributed by atoms with Gasteiger partial charge < -0.3 is 19.4 Å². The number of aromatic nitrogens is 3. The van der Waals surface area contributed by atoms with Crippen molar-refractivity contribution in [1.82, 2.24) is 30.7 Å². The molecule has 4 amide bonds. The SMILES string of the molecule is COC1CN(C(=O)c2cccc(-c3ccc4nc(C(c5nnc(CC6(C)NC(=O)NC6=O)o5)S(C)(=O)=O)sc4c3)c2)C1. The van der Waals surface area contributed by atoms with Gasteiger partial charge in [0.2, 0.25) is 11.8 Å². The van der Waals surface area contributed by atoms with Crippen LogP contribution in [0, 0.1) is 0 Å². The van der Waals surface area contributed by atoms with Crippen molar-refractivity contribution in [2.75, 3.05) is 26.5 Å². The predicted molar refractivity (Wildman–Crippen MR) is 152 cm³/mol. The topological polar surface area (TPSA) is 174 Å². The highest BCUT2D eigenvalue weighted by molar-refractivity contribution is 7.91. The summed E-state index contributed by atoms with van der Waals surface area (Å²) in [6.07, 6.45) is 0.999. The maximum atomic E-state index is 12.9.